The molecule has 0 aliphatic carbocycles. The van der Waals surface area contributed by atoms with Crippen molar-refractivity contribution in [2.45, 2.75) is 31.8 Å². The van der Waals surface area contributed by atoms with Gasteiger partial charge in [0.05, 0.1) is 12.2 Å². The van der Waals surface area contributed by atoms with E-state index < -0.39 is 0 Å². The maximum Gasteiger partial charge on any atom is 0.251 e. The van der Waals surface area contributed by atoms with E-state index in [1.807, 2.05) is 11.0 Å². The van der Waals surface area contributed by atoms with Crippen LogP contribution in [0.5, 0.6) is 0 Å². The van der Waals surface area contributed by atoms with Crippen LogP contribution in [0.25, 0.3) is 0 Å². The number of piperazine rings is 1. The molecule has 2 saturated heterocycles. The molecule has 0 aromatic heterocycles. The van der Waals surface area contributed by atoms with Gasteiger partial charge in [-0.05, 0) is 37.3 Å². The molecule has 2 amide bonds. The van der Waals surface area contributed by atoms with Crippen LogP contribution in [-0.2, 0) is 20.7 Å². The molecule has 146 valence electrons. The van der Waals surface area contributed by atoms with E-state index in [0.29, 0.717) is 45.0 Å². The fraction of sp³-hybridized carbons (Fsp3) is 0.600. The number of para-hydroxylation sites is 1. The van der Waals surface area contributed by atoms with Crippen molar-refractivity contribution in [3.8, 4) is 0 Å². The minimum Gasteiger partial charge on any atom is -0.368 e. The van der Waals surface area contributed by atoms with E-state index in [1.54, 1.807) is 11.0 Å². The SMILES string of the molecule is O=C([C@H]1CCCO1)N1CCN(CC(=O)N2CCCc3cccc(F)c32)CC1. The van der Waals surface area contributed by atoms with Crippen molar-refractivity contribution in [3.63, 3.8) is 0 Å². The number of carbonyl (C=O) groups is 2. The van der Waals surface area contributed by atoms with E-state index in [1.165, 1.54) is 6.07 Å². The zero-order valence-electron chi connectivity index (χ0n) is 15.5. The molecule has 1 atom stereocenters. The second-order valence-electron chi connectivity index (χ2n) is 7.50. The second kappa shape index (κ2) is 7.94. The van der Waals surface area contributed by atoms with Crippen molar-refractivity contribution < 1.29 is 18.7 Å². The molecular formula is C20H26FN3O3. The van der Waals surface area contributed by atoms with Gasteiger partial charge < -0.3 is 14.5 Å². The van der Waals surface area contributed by atoms with E-state index in [0.717, 1.165) is 31.2 Å². The van der Waals surface area contributed by atoms with Gasteiger partial charge in [0.2, 0.25) is 5.91 Å². The third-order valence-electron chi connectivity index (χ3n) is 5.72. The number of halogens is 1. The smallest absolute Gasteiger partial charge is 0.251 e. The Balaban J connectivity index is 1.33. The summed E-state index contributed by atoms with van der Waals surface area (Å²) in [4.78, 5) is 30.7. The van der Waals surface area contributed by atoms with Crippen LogP contribution in [-0.4, -0.2) is 73.6 Å². The number of aryl methyl sites for hydroxylation is 1. The van der Waals surface area contributed by atoms with Crippen molar-refractivity contribution in [2.24, 2.45) is 0 Å². The van der Waals surface area contributed by atoms with Gasteiger partial charge >= 0.3 is 0 Å². The molecule has 27 heavy (non-hydrogen) atoms. The minimum atomic E-state index is -0.326. The van der Waals surface area contributed by atoms with E-state index >= 15 is 0 Å². The number of hydrogen-bond acceptors (Lipinski definition) is 4. The molecule has 7 heteroatoms. The van der Waals surface area contributed by atoms with E-state index in [4.69, 9.17) is 4.74 Å². The lowest BCUT2D eigenvalue weighted by molar-refractivity contribution is -0.142. The Kier molecular flexibility index (Phi) is 5.41. The normalized spacial score (nSPS) is 23.4. The second-order valence-corrected chi connectivity index (χ2v) is 7.50. The van der Waals surface area contributed by atoms with Crippen molar-refractivity contribution in [2.75, 3.05) is 50.8 Å². The highest BCUT2D eigenvalue weighted by molar-refractivity contribution is 5.96. The molecule has 2 fully saturated rings. The van der Waals surface area contributed by atoms with Crippen molar-refractivity contribution in [3.05, 3.63) is 29.6 Å². The molecule has 6 nitrogen and oxygen atoms in total. The summed E-state index contributed by atoms with van der Waals surface area (Å²) in [5, 5.41) is 0. The molecule has 3 aliphatic heterocycles. The third-order valence-corrected chi connectivity index (χ3v) is 5.72. The summed E-state index contributed by atoms with van der Waals surface area (Å²) in [7, 11) is 0. The third kappa shape index (κ3) is 3.84. The Morgan fingerprint density at radius 1 is 1.11 bits per heavy atom. The molecule has 3 heterocycles. The summed E-state index contributed by atoms with van der Waals surface area (Å²) >= 11 is 0. The van der Waals surface area contributed by atoms with Crippen LogP contribution >= 0.6 is 0 Å². The Bertz CT molecular complexity index is 712. The summed E-state index contributed by atoms with van der Waals surface area (Å²) in [5.41, 5.74) is 1.35. The molecule has 0 bridgehead atoms. The van der Waals surface area contributed by atoms with Crippen molar-refractivity contribution >= 4 is 17.5 Å². The van der Waals surface area contributed by atoms with Crippen LogP contribution in [0, 0.1) is 5.82 Å². The predicted molar refractivity (Wildman–Crippen MR) is 99.1 cm³/mol. The van der Waals surface area contributed by atoms with Gasteiger partial charge in [-0.1, -0.05) is 12.1 Å². The van der Waals surface area contributed by atoms with Crippen LogP contribution in [0.15, 0.2) is 18.2 Å². The van der Waals surface area contributed by atoms with Gasteiger partial charge in [0.15, 0.2) is 0 Å². The van der Waals surface area contributed by atoms with Gasteiger partial charge in [-0.2, -0.15) is 0 Å². The van der Waals surface area contributed by atoms with Gasteiger partial charge in [0.1, 0.15) is 11.9 Å². The molecule has 1 aromatic carbocycles. The zero-order valence-corrected chi connectivity index (χ0v) is 15.5. The average molecular weight is 375 g/mol. The van der Waals surface area contributed by atoms with Crippen LogP contribution in [0.2, 0.25) is 0 Å². The van der Waals surface area contributed by atoms with Gasteiger partial charge in [0, 0.05) is 39.3 Å². The quantitative estimate of drug-likeness (QED) is 0.802. The zero-order chi connectivity index (χ0) is 18.8. The lowest BCUT2D eigenvalue weighted by Crippen LogP contribution is -2.53. The first kappa shape index (κ1) is 18.4. The predicted octanol–water partition coefficient (Wildman–Crippen LogP) is 1.43. The number of benzene rings is 1. The van der Waals surface area contributed by atoms with Gasteiger partial charge in [0.25, 0.3) is 5.91 Å². The maximum absolute atomic E-state index is 14.3. The molecule has 3 aliphatic rings. The largest absolute Gasteiger partial charge is 0.368 e. The number of ether oxygens (including phenoxy) is 1. The fourth-order valence-electron chi connectivity index (χ4n) is 4.23. The summed E-state index contributed by atoms with van der Waals surface area (Å²) < 4.78 is 19.8. The Labute approximate surface area is 158 Å². The van der Waals surface area contributed by atoms with E-state index in [-0.39, 0.29) is 30.3 Å². The Morgan fingerprint density at radius 3 is 2.67 bits per heavy atom. The molecule has 0 radical (unpaired) electrons. The summed E-state index contributed by atoms with van der Waals surface area (Å²) in [6, 6.07) is 5.01. The first-order chi connectivity index (χ1) is 13.1. The molecule has 0 unspecified atom stereocenters. The molecule has 0 saturated carbocycles. The average Bonchev–Trinajstić information content (AvgIpc) is 3.22. The van der Waals surface area contributed by atoms with Gasteiger partial charge in [-0.25, -0.2) is 4.39 Å². The highest BCUT2D eigenvalue weighted by atomic mass is 19.1. The fourth-order valence-corrected chi connectivity index (χ4v) is 4.23. The first-order valence-corrected chi connectivity index (χ1v) is 9.84. The lowest BCUT2D eigenvalue weighted by atomic mass is 10.0. The van der Waals surface area contributed by atoms with Crippen molar-refractivity contribution in [1.29, 1.82) is 0 Å². The number of fused-ring (bicyclic) bond motifs is 1. The molecule has 1 aromatic rings. The van der Waals surface area contributed by atoms with E-state index in [9.17, 15) is 14.0 Å². The number of amides is 2. The Hall–Kier alpha value is -1.99. The van der Waals surface area contributed by atoms with Gasteiger partial charge in [-0.3, -0.25) is 14.5 Å². The highest BCUT2D eigenvalue weighted by Gasteiger charge is 2.32. The first-order valence-electron chi connectivity index (χ1n) is 9.84. The highest BCUT2D eigenvalue weighted by Crippen LogP contribution is 2.30. The number of nitrogens with zero attached hydrogens (tertiary/aromatic N) is 3. The summed E-state index contributed by atoms with van der Waals surface area (Å²) in [6.45, 7) is 4.01. The van der Waals surface area contributed by atoms with Crippen LogP contribution in [0.4, 0.5) is 10.1 Å². The molecule has 4 rings (SSSR count). The number of rotatable bonds is 3. The maximum atomic E-state index is 14.3. The van der Waals surface area contributed by atoms with Gasteiger partial charge in [-0.15, -0.1) is 0 Å². The van der Waals surface area contributed by atoms with Crippen LogP contribution < -0.4 is 4.90 Å². The summed E-state index contributed by atoms with van der Waals surface area (Å²) in [5.74, 6) is -0.321. The summed E-state index contributed by atoms with van der Waals surface area (Å²) in [6.07, 6.45) is 3.12. The molecule has 0 N–H and O–H groups in total. The number of anilines is 1. The van der Waals surface area contributed by atoms with Crippen LogP contribution in [0.3, 0.4) is 0 Å². The number of carbonyl (C=O) groups excluding carboxylic acids is 2. The monoisotopic (exact) mass is 375 g/mol. The van der Waals surface area contributed by atoms with Crippen molar-refractivity contribution in [1.82, 2.24) is 9.80 Å². The molecular weight excluding hydrogens is 349 g/mol. The number of hydrogen-bond donors (Lipinski definition) is 0. The van der Waals surface area contributed by atoms with E-state index in [2.05, 4.69) is 4.90 Å². The standard InChI is InChI=1S/C20H26FN3O3/c21-16-6-1-4-15-5-2-8-24(19(15)16)18(25)14-22-9-11-23(12-10-22)20(26)17-7-3-13-27-17/h1,4,6,17H,2-3,5,7-14H2/t17-/m1/s1. The lowest BCUT2D eigenvalue weighted by Gasteiger charge is -2.37. The minimum absolute atomic E-state index is 0.0695. The Morgan fingerprint density at radius 2 is 1.93 bits per heavy atom. The molecule has 0 spiro atoms. The topological polar surface area (TPSA) is 53.1 Å². The van der Waals surface area contributed by atoms with Crippen LogP contribution in [0.1, 0.15) is 24.8 Å².